The van der Waals surface area contributed by atoms with Crippen LogP contribution >= 0.6 is 0 Å². The fourth-order valence-corrected chi connectivity index (χ4v) is 4.68. The van der Waals surface area contributed by atoms with E-state index < -0.39 is 70.7 Å². The Labute approximate surface area is 230 Å². The third-order valence-corrected chi connectivity index (χ3v) is 6.37. The Hall–Kier alpha value is -3.50. The van der Waals surface area contributed by atoms with E-state index in [-0.39, 0.29) is 47.3 Å². The average Bonchev–Trinajstić information content (AvgIpc) is 2.82. The Bertz CT molecular complexity index is 1270. The van der Waals surface area contributed by atoms with E-state index in [4.69, 9.17) is 4.74 Å². The lowest BCUT2D eigenvalue weighted by molar-refractivity contribution is -0.144. The van der Waals surface area contributed by atoms with Gasteiger partial charge in [-0.15, -0.1) is 0 Å². The molecule has 1 amide bonds. The van der Waals surface area contributed by atoms with Crippen molar-refractivity contribution in [3.8, 4) is 11.1 Å². The number of hydrogen-bond donors (Lipinski definition) is 2. The number of rotatable bonds is 11. The zero-order chi connectivity index (χ0) is 30.5. The first kappa shape index (κ1) is 32.7. The lowest BCUT2D eigenvalue weighted by atomic mass is 9.88. The van der Waals surface area contributed by atoms with Gasteiger partial charge in [0.2, 0.25) is 5.91 Å². The predicted octanol–water partition coefficient (Wildman–Crippen LogP) is 6.97. The molecule has 0 aliphatic rings. The van der Waals surface area contributed by atoms with Crippen molar-refractivity contribution in [2.75, 3.05) is 6.61 Å². The van der Waals surface area contributed by atoms with Crippen LogP contribution in [-0.4, -0.2) is 24.5 Å². The second-order valence-corrected chi connectivity index (χ2v) is 9.96. The highest BCUT2D eigenvalue weighted by Crippen LogP contribution is 2.42. The molecule has 2 aromatic rings. The van der Waals surface area contributed by atoms with Crippen LogP contribution in [0.15, 0.2) is 24.9 Å². The van der Waals surface area contributed by atoms with E-state index in [0.717, 1.165) is 0 Å². The molecule has 0 radical (unpaired) electrons. The van der Waals surface area contributed by atoms with Gasteiger partial charge in [0.1, 0.15) is 23.5 Å². The minimum Gasteiger partial charge on any atom is -0.466 e. The van der Waals surface area contributed by atoms with E-state index in [0.29, 0.717) is 0 Å². The lowest BCUT2D eigenvalue weighted by Gasteiger charge is -2.26. The molecule has 0 saturated heterocycles. The van der Waals surface area contributed by atoms with Crippen LogP contribution in [0.5, 0.6) is 0 Å². The normalized spacial score (nSPS) is 13.1. The van der Waals surface area contributed by atoms with Crippen LogP contribution in [0.2, 0.25) is 0 Å². The first-order chi connectivity index (χ1) is 18.5. The monoisotopic (exact) mass is 572 g/mol. The van der Waals surface area contributed by atoms with E-state index in [9.17, 15) is 27.2 Å². The van der Waals surface area contributed by atoms with Gasteiger partial charge in [-0.2, -0.15) is 13.2 Å². The van der Waals surface area contributed by atoms with Crippen molar-refractivity contribution in [1.82, 2.24) is 10.6 Å². The van der Waals surface area contributed by atoms with Gasteiger partial charge in [-0.1, -0.05) is 26.5 Å². The molecular weight excluding hydrogens is 538 g/mol. The quantitative estimate of drug-likeness (QED) is 0.225. The Morgan fingerprint density at radius 1 is 1.02 bits per heavy atom. The Morgan fingerprint density at radius 2 is 1.65 bits per heavy atom. The first-order valence-corrected chi connectivity index (χ1v) is 12.7. The number of aryl methyl sites for hydroxylation is 2. The standard InChI is InChI=1S/C29H34F6N2O3/c1-8-36-21(10-14(3)4)28(39)37-20(13-22(38)40-9-2)24-26(31)18(12-19(27(24)32)29(33,34)35)23-15(5)11-16(6)25(30)17(23)7/h8,11-12,14,20-21,36H,1,9-10,13H2,2-7H3,(H,37,39)/t20-,21?/m0/s1. The van der Waals surface area contributed by atoms with Crippen LogP contribution in [0, 0.1) is 44.1 Å². The summed E-state index contributed by atoms with van der Waals surface area (Å²) < 4.78 is 93.6. The van der Waals surface area contributed by atoms with Crippen molar-refractivity contribution in [2.24, 2.45) is 5.92 Å². The molecular formula is C29H34F6N2O3. The molecule has 0 fully saturated rings. The van der Waals surface area contributed by atoms with Crippen molar-refractivity contribution in [1.29, 1.82) is 0 Å². The first-order valence-electron chi connectivity index (χ1n) is 12.7. The highest BCUT2D eigenvalue weighted by Gasteiger charge is 2.40. The number of halogens is 6. The molecule has 0 heterocycles. The minimum absolute atomic E-state index is 0.0253. The smallest absolute Gasteiger partial charge is 0.419 e. The summed E-state index contributed by atoms with van der Waals surface area (Å²) in [5.41, 5.74) is -3.63. The maximum Gasteiger partial charge on any atom is 0.419 e. The molecule has 0 aliphatic carbocycles. The number of carbonyl (C=O) groups excluding carboxylic acids is 2. The van der Waals surface area contributed by atoms with Crippen molar-refractivity contribution in [3.05, 3.63) is 70.2 Å². The number of carbonyl (C=O) groups is 2. The Morgan fingerprint density at radius 3 is 2.17 bits per heavy atom. The molecule has 0 spiro atoms. The third kappa shape index (κ3) is 7.37. The van der Waals surface area contributed by atoms with E-state index in [1.165, 1.54) is 40.0 Å². The molecule has 40 heavy (non-hydrogen) atoms. The van der Waals surface area contributed by atoms with E-state index in [1.807, 2.05) is 13.8 Å². The highest BCUT2D eigenvalue weighted by molar-refractivity contribution is 5.83. The average molecular weight is 573 g/mol. The Kier molecular flexibility index (Phi) is 10.8. The van der Waals surface area contributed by atoms with Gasteiger partial charge in [-0.25, -0.2) is 13.2 Å². The fraction of sp³-hybridized carbons (Fsp3) is 0.448. The predicted molar refractivity (Wildman–Crippen MR) is 140 cm³/mol. The van der Waals surface area contributed by atoms with Crippen molar-refractivity contribution in [2.45, 2.75) is 72.6 Å². The minimum atomic E-state index is -5.28. The van der Waals surface area contributed by atoms with Gasteiger partial charge in [0.05, 0.1) is 24.6 Å². The number of ether oxygens (including phenoxy) is 1. The highest BCUT2D eigenvalue weighted by atomic mass is 19.4. The van der Waals surface area contributed by atoms with Crippen molar-refractivity contribution in [3.63, 3.8) is 0 Å². The molecule has 5 nitrogen and oxygen atoms in total. The fourth-order valence-electron chi connectivity index (χ4n) is 4.68. The zero-order valence-electron chi connectivity index (χ0n) is 23.3. The van der Waals surface area contributed by atoms with Crippen LogP contribution in [0.1, 0.15) is 67.5 Å². The van der Waals surface area contributed by atoms with Gasteiger partial charge in [-0.05, 0) is 74.6 Å². The topological polar surface area (TPSA) is 67.4 Å². The molecule has 2 rings (SSSR count). The van der Waals surface area contributed by atoms with Gasteiger partial charge < -0.3 is 15.4 Å². The summed E-state index contributed by atoms with van der Waals surface area (Å²) in [6.45, 7) is 12.7. The number of alkyl halides is 3. The second-order valence-electron chi connectivity index (χ2n) is 9.96. The van der Waals surface area contributed by atoms with Crippen LogP contribution in [-0.2, 0) is 20.5 Å². The maximum atomic E-state index is 16.2. The van der Waals surface area contributed by atoms with E-state index in [2.05, 4.69) is 17.2 Å². The third-order valence-electron chi connectivity index (χ3n) is 6.37. The molecule has 0 saturated carbocycles. The van der Waals surface area contributed by atoms with E-state index in [1.54, 1.807) is 0 Å². The van der Waals surface area contributed by atoms with Gasteiger partial charge in [0.15, 0.2) is 0 Å². The zero-order valence-corrected chi connectivity index (χ0v) is 23.3. The van der Waals surface area contributed by atoms with Gasteiger partial charge in [-0.3, -0.25) is 9.59 Å². The summed E-state index contributed by atoms with van der Waals surface area (Å²) in [5.74, 6) is -6.08. The molecule has 0 aliphatic heterocycles. The number of nitrogens with one attached hydrogen (secondary N) is 2. The maximum absolute atomic E-state index is 16.2. The summed E-state index contributed by atoms with van der Waals surface area (Å²) in [4.78, 5) is 25.6. The summed E-state index contributed by atoms with van der Waals surface area (Å²) in [7, 11) is 0. The Balaban J connectivity index is 2.89. The largest absolute Gasteiger partial charge is 0.466 e. The van der Waals surface area contributed by atoms with Gasteiger partial charge >= 0.3 is 12.1 Å². The van der Waals surface area contributed by atoms with Crippen LogP contribution in [0.3, 0.4) is 0 Å². The van der Waals surface area contributed by atoms with Crippen molar-refractivity contribution >= 4 is 11.9 Å². The number of benzene rings is 2. The van der Waals surface area contributed by atoms with Crippen molar-refractivity contribution < 1.29 is 40.7 Å². The summed E-state index contributed by atoms with van der Waals surface area (Å²) in [5, 5.41) is 5.03. The number of esters is 1. The molecule has 0 bridgehead atoms. The molecule has 2 atom stereocenters. The molecule has 11 heteroatoms. The molecule has 2 N–H and O–H groups in total. The number of hydrogen-bond acceptors (Lipinski definition) is 4. The van der Waals surface area contributed by atoms with Crippen LogP contribution in [0.25, 0.3) is 11.1 Å². The SMILES string of the molecule is C=CNC(CC(C)C)C(=O)N[C@@H](CC(=O)OCC)c1c(F)c(-c2c(C)cc(C)c(F)c2C)cc(C(F)(F)F)c1F. The summed E-state index contributed by atoms with van der Waals surface area (Å²) in [6, 6.07) is -1.23. The molecule has 2 aromatic carbocycles. The van der Waals surface area contributed by atoms with Gasteiger partial charge in [0, 0.05) is 11.1 Å². The summed E-state index contributed by atoms with van der Waals surface area (Å²) in [6.07, 6.45) is -4.68. The van der Waals surface area contributed by atoms with Crippen LogP contribution < -0.4 is 10.6 Å². The second kappa shape index (κ2) is 13.2. The van der Waals surface area contributed by atoms with E-state index >= 15 is 8.78 Å². The lowest BCUT2D eigenvalue weighted by Crippen LogP contribution is -2.45. The summed E-state index contributed by atoms with van der Waals surface area (Å²) >= 11 is 0. The molecule has 1 unspecified atom stereocenters. The number of amides is 1. The van der Waals surface area contributed by atoms with Crippen LogP contribution in [0.4, 0.5) is 26.3 Å². The molecule has 220 valence electrons. The molecule has 0 aromatic heterocycles. The van der Waals surface area contributed by atoms with Gasteiger partial charge in [0.25, 0.3) is 0 Å².